The van der Waals surface area contributed by atoms with E-state index in [4.69, 9.17) is 5.11 Å². The number of alkyl halides is 1. The highest BCUT2D eigenvalue weighted by Gasteiger charge is 2.31. The molecule has 0 fully saturated rings. The van der Waals surface area contributed by atoms with Crippen molar-refractivity contribution in [3.8, 4) is 0 Å². The number of carboxylic acids is 1. The van der Waals surface area contributed by atoms with Crippen molar-refractivity contribution in [3.63, 3.8) is 0 Å². The van der Waals surface area contributed by atoms with Crippen LogP contribution in [0.15, 0.2) is 0 Å². The Labute approximate surface area is 89.3 Å². The van der Waals surface area contributed by atoms with Gasteiger partial charge in [0.1, 0.15) is 5.25 Å². The van der Waals surface area contributed by atoms with E-state index >= 15 is 0 Å². The summed E-state index contributed by atoms with van der Waals surface area (Å²) < 4.78 is 11.8. The number of carboxylic acid groups (broad SMARTS) is 1. The fraction of sp³-hybridized carbons (Fsp3) is 0.900. The van der Waals surface area contributed by atoms with E-state index in [1.54, 1.807) is 0 Å². The van der Waals surface area contributed by atoms with Gasteiger partial charge in [-0.3, -0.25) is 9.18 Å². The van der Waals surface area contributed by atoms with E-state index in [1.165, 1.54) is 11.8 Å². The molecule has 0 aliphatic carbocycles. The van der Waals surface area contributed by atoms with Gasteiger partial charge in [0.15, 0.2) is 0 Å². The summed E-state index contributed by atoms with van der Waals surface area (Å²) in [4.78, 5) is 10.9. The normalized spacial score (nSPS) is 14.0. The average Bonchev–Trinajstić information content (AvgIpc) is 2.01. The largest absolute Gasteiger partial charge is 0.480 e. The lowest BCUT2D eigenvalue weighted by Gasteiger charge is -2.26. The quantitative estimate of drug-likeness (QED) is 0.702. The Kier molecular flexibility index (Phi) is 6.16. The van der Waals surface area contributed by atoms with E-state index in [-0.39, 0.29) is 12.1 Å². The molecule has 4 heteroatoms. The summed E-state index contributed by atoms with van der Waals surface area (Å²) in [5.74, 6) is -0.0548. The molecular formula is C10H19FO2S. The molecule has 0 aromatic heterocycles. The number of thioether (sulfide) groups is 1. The summed E-state index contributed by atoms with van der Waals surface area (Å²) in [5.41, 5.74) is -0.244. The zero-order chi connectivity index (χ0) is 11.2. The van der Waals surface area contributed by atoms with Gasteiger partial charge in [-0.15, -0.1) is 11.8 Å². The molecule has 1 N–H and O–H groups in total. The fourth-order valence-electron chi connectivity index (χ4n) is 1.09. The number of halogens is 1. The van der Waals surface area contributed by atoms with E-state index < -0.39 is 11.2 Å². The highest BCUT2D eigenvalue weighted by Crippen LogP contribution is 2.31. The first-order valence-corrected chi connectivity index (χ1v) is 5.85. The molecule has 1 unspecified atom stereocenters. The molecule has 0 saturated carbocycles. The van der Waals surface area contributed by atoms with E-state index in [1.807, 2.05) is 20.8 Å². The van der Waals surface area contributed by atoms with E-state index in [2.05, 4.69) is 0 Å². The van der Waals surface area contributed by atoms with Gasteiger partial charge in [-0.2, -0.15) is 0 Å². The summed E-state index contributed by atoms with van der Waals surface area (Å²) in [6, 6.07) is 0. The number of hydrogen-bond acceptors (Lipinski definition) is 2. The van der Waals surface area contributed by atoms with E-state index in [0.717, 1.165) is 12.2 Å². The van der Waals surface area contributed by atoms with Crippen LogP contribution in [0.4, 0.5) is 4.39 Å². The molecule has 0 heterocycles. The van der Waals surface area contributed by atoms with Crippen LogP contribution in [-0.2, 0) is 4.79 Å². The van der Waals surface area contributed by atoms with Crippen molar-refractivity contribution in [3.05, 3.63) is 0 Å². The Hall–Kier alpha value is -0.250. The van der Waals surface area contributed by atoms with Crippen LogP contribution >= 0.6 is 11.8 Å². The molecule has 0 amide bonds. The lowest BCUT2D eigenvalue weighted by molar-refractivity contribution is -0.138. The monoisotopic (exact) mass is 222 g/mol. The van der Waals surface area contributed by atoms with Crippen molar-refractivity contribution in [2.24, 2.45) is 5.41 Å². The molecule has 0 bridgehead atoms. The van der Waals surface area contributed by atoms with Crippen molar-refractivity contribution < 1.29 is 14.3 Å². The topological polar surface area (TPSA) is 37.3 Å². The summed E-state index contributed by atoms with van der Waals surface area (Å²) in [6.07, 6.45) is 1.28. The van der Waals surface area contributed by atoms with Gasteiger partial charge < -0.3 is 5.11 Å². The van der Waals surface area contributed by atoms with Gasteiger partial charge in [-0.1, -0.05) is 20.8 Å². The first kappa shape index (κ1) is 13.8. The number of aliphatic carboxylic acids is 1. The van der Waals surface area contributed by atoms with Crippen LogP contribution in [0, 0.1) is 5.41 Å². The molecule has 14 heavy (non-hydrogen) atoms. The maximum atomic E-state index is 11.8. The minimum atomic E-state index is -0.775. The van der Waals surface area contributed by atoms with Crippen LogP contribution in [0.1, 0.15) is 33.6 Å². The summed E-state index contributed by atoms with van der Waals surface area (Å²) in [5, 5.41) is 8.57. The third kappa shape index (κ3) is 5.47. The smallest absolute Gasteiger partial charge is 0.317 e. The number of rotatable bonds is 6. The predicted molar refractivity (Wildman–Crippen MR) is 58.5 cm³/mol. The van der Waals surface area contributed by atoms with Crippen LogP contribution in [0.2, 0.25) is 0 Å². The number of hydrogen-bond donors (Lipinski definition) is 1. The first-order chi connectivity index (χ1) is 6.39. The standard InChI is InChI=1S/C10H19FO2S/c1-10(2,3)8(9(12)13)14-7-5-4-6-11/h8H,4-7H2,1-3H3,(H,12,13). The minimum Gasteiger partial charge on any atom is -0.480 e. The molecule has 1 atom stereocenters. The van der Waals surface area contributed by atoms with Crippen LogP contribution in [0.3, 0.4) is 0 Å². The molecular weight excluding hydrogens is 203 g/mol. The highest BCUT2D eigenvalue weighted by atomic mass is 32.2. The van der Waals surface area contributed by atoms with Crippen molar-refractivity contribution in [1.82, 2.24) is 0 Å². The molecule has 0 aliphatic heterocycles. The van der Waals surface area contributed by atoms with Gasteiger partial charge in [0.25, 0.3) is 0 Å². The van der Waals surface area contributed by atoms with Gasteiger partial charge in [0, 0.05) is 0 Å². The fourth-order valence-corrected chi connectivity index (χ4v) is 2.34. The zero-order valence-corrected chi connectivity index (χ0v) is 9.86. The van der Waals surface area contributed by atoms with Gasteiger partial charge >= 0.3 is 5.97 Å². The molecule has 0 aromatic rings. The predicted octanol–water partition coefficient (Wildman–Crippen LogP) is 2.97. The second kappa shape index (κ2) is 6.27. The van der Waals surface area contributed by atoms with E-state index in [9.17, 15) is 9.18 Å². The number of unbranched alkanes of at least 4 members (excludes halogenated alkanes) is 1. The van der Waals surface area contributed by atoms with Crippen LogP contribution in [0.25, 0.3) is 0 Å². The van der Waals surface area contributed by atoms with Gasteiger partial charge in [0.05, 0.1) is 6.67 Å². The Bertz CT molecular complexity index is 177. The molecule has 0 aliphatic rings. The summed E-state index contributed by atoms with van der Waals surface area (Å²) in [7, 11) is 0. The Morgan fingerprint density at radius 1 is 1.43 bits per heavy atom. The highest BCUT2D eigenvalue weighted by molar-refractivity contribution is 8.00. The van der Waals surface area contributed by atoms with Crippen molar-refractivity contribution in [1.29, 1.82) is 0 Å². The van der Waals surface area contributed by atoms with Crippen molar-refractivity contribution in [2.75, 3.05) is 12.4 Å². The minimum absolute atomic E-state index is 0.244. The van der Waals surface area contributed by atoms with Crippen molar-refractivity contribution in [2.45, 2.75) is 38.9 Å². The second-order valence-corrected chi connectivity index (χ2v) is 5.56. The molecule has 0 aromatic carbocycles. The molecule has 0 radical (unpaired) electrons. The third-order valence-electron chi connectivity index (χ3n) is 1.82. The van der Waals surface area contributed by atoms with Gasteiger partial charge in [0.2, 0.25) is 0 Å². The second-order valence-electron chi connectivity index (χ2n) is 4.35. The molecule has 0 spiro atoms. The zero-order valence-electron chi connectivity index (χ0n) is 9.05. The summed E-state index contributed by atoms with van der Waals surface area (Å²) >= 11 is 1.41. The van der Waals surface area contributed by atoms with E-state index in [0.29, 0.717) is 6.42 Å². The Morgan fingerprint density at radius 3 is 2.36 bits per heavy atom. The van der Waals surface area contributed by atoms with Crippen molar-refractivity contribution >= 4 is 17.7 Å². The van der Waals surface area contributed by atoms with Gasteiger partial charge in [-0.05, 0) is 24.0 Å². The SMILES string of the molecule is CC(C)(C)C(SCCCCF)C(=O)O. The molecule has 0 saturated heterocycles. The molecule has 84 valence electrons. The Balaban J connectivity index is 3.94. The lowest BCUT2D eigenvalue weighted by atomic mass is 9.92. The molecule has 0 rings (SSSR count). The van der Waals surface area contributed by atoms with Crippen LogP contribution < -0.4 is 0 Å². The maximum absolute atomic E-state index is 11.8. The van der Waals surface area contributed by atoms with Crippen LogP contribution in [0.5, 0.6) is 0 Å². The Morgan fingerprint density at radius 2 is 2.00 bits per heavy atom. The number of carbonyl (C=O) groups is 1. The van der Waals surface area contributed by atoms with Gasteiger partial charge in [-0.25, -0.2) is 0 Å². The van der Waals surface area contributed by atoms with Crippen LogP contribution in [-0.4, -0.2) is 28.8 Å². The average molecular weight is 222 g/mol. The summed E-state index contributed by atoms with van der Waals surface area (Å²) in [6.45, 7) is 5.42. The molecule has 2 nitrogen and oxygen atoms in total. The lowest BCUT2D eigenvalue weighted by Crippen LogP contribution is -2.31. The maximum Gasteiger partial charge on any atom is 0.317 e. The third-order valence-corrected chi connectivity index (χ3v) is 3.59. The first-order valence-electron chi connectivity index (χ1n) is 4.80.